The molecule has 0 amide bonds. The van der Waals surface area contributed by atoms with Gasteiger partial charge in [0.1, 0.15) is 5.75 Å². The summed E-state index contributed by atoms with van der Waals surface area (Å²) < 4.78 is 32.9. The normalized spacial score (nSPS) is 15.3. The highest BCUT2D eigenvalue weighted by Gasteiger charge is 2.18. The standard InChI is InChI=1S/C18H24N4O3S/c1-25-15-5-3-14(4-6-15)21-26(23,24)16-7-8-18(17(19)13-16)22-11-2-9-20-10-12-22/h3-8,13,20-21H,2,9-12,19H2,1H3. The summed E-state index contributed by atoms with van der Waals surface area (Å²) in [6.45, 7) is 3.61. The second-order valence-corrected chi connectivity index (χ2v) is 7.83. The van der Waals surface area contributed by atoms with Crippen molar-refractivity contribution in [3.8, 4) is 5.75 Å². The second-order valence-electron chi connectivity index (χ2n) is 6.15. The summed E-state index contributed by atoms with van der Waals surface area (Å²) in [4.78, 5) is 2.32. The van der Waals surface area contributed by atoms with Gasteiger partial charge in [-0.3, -0.25) is 4.72 Å². The van der Waals surface area contributed by atoms with Crippen LogP contribution in [0.4, 0.5) is 17.1 Å². The van der Waals surface area contributed by atoms with Gasteiger partial charge in [0.15, 0.2) is 0 Å². The highest BCUT2D eigenvalue weighted by molar-refractivity contribution is 7.92. The van der Waals surface area contributed by atoms with E-state index in [2.05, 4.69) is 14.9 Å². The third-order valence-corrected chi connectivity index (χ3v) is 5.71. The number of nitrogens with two attached hydrogens (primary N) is 1. The molecule has 0 atom stereocenters. The second kappa shape index (κ2) is 7.84. The first kappa shape index (κ1) is 18.3. The van der Waals surface area contributed by atoms with Crippen LogP contribution in [-0.4, -0.2) is 41.7 Å². The van der Waals surface area contributed by atoms with Gasteiger partial charge < -0.3 is 20.7 Å². The fourth-order valence-corrected chi connectivity index (χ4v) is 4.04. The van der Waals surface area contributed by atoms with Crippen LogP contribution in [0.25, 0.3) is 0 Å². The molecule has 4 N–H and O–H groups in total. The zero-order chi connectivity index (χ0) is 18.6. The van der Waals surface area contributed by atoms with Crippen LogP contribution in [0.15, 0.2) is 47.4 Å². The summed E-state index contributed by atoms with van der Waals surface area (Å²) >= 11 is 0. The molecular weight excluding hydrogens is 352 g/mol. The Morgan fingerprint density at radius 3 is 2.58 bits per heavy atom. The van der Waals surface area contributed by atoms with Crippen molar-refractivity contribution in [2.24, 2.45) is 0 Å². The van der Waals surface area contributed by atoms with E-state index in [0.29, 0.717) is 17.1 Å². The number of nitrogens with zero attached hydrogens (tertiary/aromatic N) is 1. The maximum Gasteiger partial charge on any atom is 0.261 e. The van der Waals surface area contributed by atoms with E-state index >= 15 is 0 Å². The Balaban J connectivity index is 1.80. The molecule has 26 heavy (non-hydrogen) atoms. The molecule has 0 unspecified atom stereocenters. The third kappa shape index (κ3) is 4.20. The summed E-state index contributed by atoms with van der Waals surface area (Å²) in [5, 5.41) is 3.34. The van der Waals surface area contributed by atoms with E-state index in [1.807, 2.05) is 0 Å². The van der Waals surface area contributed by atoms with Crippen LogP contribution in [0.3, 0.4) is 0 Å². The Kier molecular flexibility index (Phi) is 5.53. The highest BCUT2D eigenvalue weighted by atomic mass is 32.2. The van der Waals surface area contributed by atoms with Crippen LogP contribution in [-0.2, 0) is 10.0 Å². The van der Waals surface area contributed by atoms with Gasteiger partial charge in [0.25, 0.3) is 10.0 Å². The number of hydrogen-bond donors (Lipinski definition) is 3. The minimum atomic E-state index is -3.71. The van der Waals surface area contributed by atoms with Gasteiger partial charge in [-0.25, -0.2) is 8.42 Å². The molecule has 1 aliphatic heterocycles. The first-order chi connectivity index (χ1) is 12.5. The van der Waals surface area contributed by atoms with Crippen molar-refractivity contribution in [2.75, 3.05) is 48.6 Å². The number of sulfonamides is 1. The molecular formula is C18H24N4O3S. The molecule has 0 bridgehead atoms. The maximum absolute atomic E-state index is 12.6. The molecule has 1 saturated heterocycles. The summed E-state index contributed by atoms with van der Waals surface area (Å²) in [5.74, 6) is 0.661. The van der Waals surface area contributed by atoms with E-state index in [0.717, 1.165) is 38.3 Å². The van der Waals surface area contributed by atoms with Gasteiger partial charge in [0, 0.05) is 25.3 Å². The van der Waals surface area contributed by atoms with Crippen molar-refractivity contribution in [3.63, 3.8) is 0 Å². The lowest BCUT2D eigenvalue weighted by Gasteiger charge is -2.24. The van der Waals surface area contributed by atoms with Gasteiger partial charge in [-0.2, -0.15) is 0 Å². The van der Waals surface area contributed by atoms with Gasteiger partial charge in [-0.05, 0) is 55.4 Å². The summed E-state index contributed by atoms with van der Waals surface area (Å²) in [6.07, 6.45) is 1.03. The van der Waals surface area contributed by atoms with Gasteiger partial charge in [0.05, 0.1) is 23.4 Å². The smallest absolute Gasteiger partial charge is 0.261 e. The topological polar surface area (TPSA) is 96.7 Å². The van der Waals surface area contributed by atoms with Crippen molar-refractivity contribution < 1.29 is 13.2 Å². The molecule has 1 aliphatic rings. The number of rotatable bonds is 5. The van der Waals surface area contributed by atoms with Gasteiger partial charge in [0.2, 0.25) is 0 Å². The predicted molar refractivity (Wildman–Crippen MR) is 104 cm³/mol. The zero-order valence-corrected chi connectivity index (χ0v) is 15.6. The fraction of sp³-hybridized carbons (Fsp3) is 0.333. The Labute approximate surface area is 154 Å². The molecule has 0 aromatic heterocycles. The molecule has 0 spiro atoms. The van der Waals surface area contributed by atoms with E-state index < -0.39 is 10.0 Å². The Morgan fingerprint density at radius 2 is 1.88 bits per heavy atom. The zero-order valence-electron chi connectivity index (χ0n) is 14.7. The predicted octanol–water partition coefficient (Wildman–Crippen LogP) is 1.88. The van der Waals surface area contributed by atoms with Crippen molar-refractivity contribution in [1.29, 1.82) is 0 Å². The van der Waals surface area contributed by atoms with Crippen molar-refractivity contribution in [3.05, 3.63) is 42.5 Å². The van der Waals surface area contributed by atoms with E-state index in [4.69, 9.17) is 10.5 Å². The van der Waals surface area contributed by atoms with Gasteiger partial charge in [-0.1, -0.05) is 0 Å². The molecule has 1 fully saturated rings. The van der Waals surface area contributed by atoms with Crippen LogP contribution in [0.1, 0.15) is 6.42 Å². The molecule has 2 aromatic rings. The van der Waals surface area contributed by atoms with Gasteiger partial charge >= 0.3 is 0 Å². The van der Waals surface area contributed by atoms with E-state index in [9.17, 15) is 8.42 Å². The average Bonchev–Trinajstić information content (AvgIpc) is 2.91. The molecule has 3 rings (SSSR count). The number of hydrogen-bond acceptors (Lipinski definition) is 6. The number of nitrogen functional groups attached to an aromatic ring is 1. The van der Waals surface area contributed by atoms with Crippen molar-refractivity contribution in [2.45, 2.75) is 11.3 Å². The van der Waals surface area contributed by atoms with E-state index in [-0.39, 0.29) is 4.90 Å². The highest BCUT2D eigenvalue weighted by Crippen LogP contribution is 2.28. The van der Waals surface area contributed by atoms with Crippen LogP contribution >= 0.6 is 0 Å². The molecule has 140 valence electrons. The number of nitrogens with one attached hydrogen (secondary N) is 2. The van der Waals surface area contributed by atoms with Crippen LogP contribution in [0.2, 0.25) is 0 Å². The minimum Gasteiger partial charge on any atom is -0.497 e. The molecule has 2 aromatic carbocycles. The van der Waals surface area contributed by atoms with Crippen LogP contribution in [0.5, 0.6) is 5.75 Å². The largest absolute Gasteiger partial charge is 0.497 e. The number of methoxy groups -OCH3 is 1. The molecule has 8 heteroatoms. The molecule has 0 saturated carbocycles. The Morgan fingerprint density at radius 1 is 1.12 bits per heavy atom. The van der Waals surface area contributed by atoms with Crippen LogP contribution in [0, 0.1) is 0 Å². The number of anilines is 3. The average molecular weight is 376 g/mol. The third-order valence-electron chi connectivity index (χ3n) is 4.33. The van der Waals surface area contributed by atoms with Crippen molar-refractivity contribution >= 4 is 27.1 Å². The van der Waals surface area contributed by atoms with Crippen molar-refractivity contribution in [1.82, 2.24) is 5.32 Å². The lowest BCUT2D eigenvalue weighted by Crippen LogP contribution is -2.28. The fourth-order valence-electron chi connectivity index (χ4n) is 2.95. The molecule has 0 aliphatic carbocycles. The quantitative estimate of drug-likeness (QED) is 0.690. The molecule has 1 heterocycles. The minimum absolute atomic E-state index is 0.141. The van der Waals surface area contributed by atoms with E-state index in [1.165, 1.54) is 6.07 Å². The van der Waals surface area contributed by atoms with Crippen LogP contribution < -0.4 is 25.4 Å². The molecule has 7 nitrogen and oxygen atoms in total. The summed E-state index contributed by atoms with van der Waals surface area (Å²) in [6, 6.07) is 11.6. The number of benzene rings is 2. The molecule has 0 radical (unpaired) electrons. The summed E-state index contributed by atoms with van der Waals surface area (Å²) in [5.41, 5.74) is 7.96. The summed E-state index contributed by atoms with van der Waals surface area (Å²) in [7, 11) is -2.15. The monoisotopic (exact) mass is 376 g/mol. The van der Waals surface area contributed by atoms with Gasteiger partial charge in [-0.15, -0.1) is 0 Å². The van der Waals surface area contributed by atoms with E-state index in [1.54, 1.807) is 43.5 Å². The first-order valence-corrected chi connectivity index (χ1v) is 10.00. The first-order valence-electron chi connectivity index (χ1n) is 8.52. The SMILES string of the molecule is COc1ccc(NS(=O)(=O)c2ccc(N3CCCNCC3)c(N)c2)cc1. The Hall–Kier alpha value is -2.45. The Bertz CT molecular complexity index is 845. The maximum atomic E-state index is 12.6. The lowest BCUT2D eigenvalue weighted by molar-refractivity contribution is 0.415. The number of ether oxygens (including phenoxy) is 1. The lowest BCUT2D eigenvalue weighted by atomic mass is 10.2.